The predicted molar refractivity (Wildman–Crippen MR) is 90.6 cm³/mol. The molecule has 0 atom stereocenters. The molecule has 2 aromatic rings. The molecular weight excluding hydrogens is 304 g/mol. The van der Waals surface area contributed by atoms with E-state index in [0.717, 1.165) is 18.2 Å². The molecule has 7 nitrogen and oxygen atoms in total. The fourth-order valence-electron chi connectivity index (χ4n) is 3.71. The topological polar surface area (TPSA) is 89.9 Å². The normalized spacial score (nSPS) is 17.9. The summed E-state index contributed by atoms with van der Waals surface area (Å²) in [5, 5.41) is 8.42. The molecule has 2 aromatic heterocycles. The van der Waals surface area contributed by atoms with Crippen molar-refractivity contribution in [3.05, 3.63) is 30.0 Å². The Balaban J connectivity index is 1.48. The van der Waals surface area contributed by atoms with Crippen LogP contribution in [0, 0.1) is 5.92 Å². The molecule has 3 heterocycles. The molecule has 7 heteroatoms. The van der Waals surface area contributed by atoms with Gasteiger partial charge in [0.1, 0.15) is 5.82 Å². The van der Waals surface area contributed by atoms with E-state index >= 15 is 0 Å². The number of hydrogen-bond donors (Lipinski definition) is 1. The van der Waals surface area contributed by atoms with Crippen molar-refractivity contribution in [3.63, 3.8) is 0 Å². The third-order valence-corrected chi connectivity index (χ3v) is 5.05. The van der Waals surface area contributed by atoms with E-state index in [4.69, 9.17) is 5.73 Å². The van der Waals surface area contributed by atoms with Gasteiger partial charge in [-0.05, 0) is 18.1 Å². The van der Waals surface area contributed by atoms with Gasteiger partial charge < -0.3 is 15.2 Å². The van der Waals surface area contributed by atoms with E-state index in [-0.39, 0.29) is 5.78 Å². The van der Waals surface area contributed by atoms with Gasteiger partial charge in [-0.1, -0.05) is 25.7 Å². The van der Waals surface area contributed by atoms with E-state index in [0.29, 0.717) is 36.9 Å². The highest BCUT2D eigenvalue weighted by atomic mass is 16.1. The number of nitrogen functional groups attached to an aromatic ring is 1. The molecule has 1 fully saturated rings. The minimum Gasteiger partial charge on any atom is -0.397 e. The second-order valence-electron chi connectivity index (χ2n) is 6.74. The third kappa shape index (κ3) is 2.86. The first-order valence-corrected chi connectivity index (χ1v) is 8.62. The van der Waals surface area contributed by atoms with Gasteiger partial charge in [-0.3, -0.25) is 4.79 Å². The number of aromatic nitrogens is 4. The summed E-state index contributed by atoms with van der Waals surface area (Å²) >= 11 is 0. The minimum atomic E-state index is 0.139. The first kappa shape index (κ1) is 15.1. The number of pyridine rings is 1. The van der Waals surface area contributed by atoms with Gasteiger partial charge in [0.15, 0.2) is 17.4 Å². The van der Waals surface area contributed by atoms with Gasteiger partial charge in [-0.2, -0.15) is 0 Å². The number of ketones is 1. The van der Waals surface area contributed by atoms with Crippen LogP contribution in [0.2, 0.25) is 0 Å². The molecule has 126 valence electrons. The third-order valence-electron chi connectivity index (χ3n) is 5.05. The molecule has 0 radical (unpaired) electrons. The van der Waals surface area contributed by atoms with Crippen molar-refractivity contribution in [1.29, 1.82) is 0 Å². The zero-order valence-electron chi connectivity index (χ0n) is 13.7. The summed E-state index contributed by atoms with van der Waals surface area (Å²) < 4.78 is 1.98. The van der Waals surface area contributed by atoms with Crippen LogP contribution in [-0.2, 0) is 13.1 Å². The molecule has 0 spiro atoms. The lowest BCUT2D eigenvalue weighted by molar-refractivity contribution is 0.0946. The molecule has 2 aliphatic rings. The first-order chi connectivity index (χ1) is 11.7. The Kier molecular flexibility index (Phi) is 3.92. The van der Waals surface area contributed by atoms with Crippen molar-refractivity contribution in [2.75, 3.05) is 17.2 Å². The van der Waals surface area contributed by atoms with E-state index in [1.807, 2.05) is 16.7 Å². The summed E-state index contributed by atoms with van der Waals surface area (Å²) in [6.07, 6.45) is 7.11. The number of carbonyl (C=O) groups is 1. The average molecular weight is 326 g/mol. The molecule has 4 rings (SSSR count). The van der Waals surface area contributed by atoms with Crippen LogP contribution in [-0.4, -0.2) is 32.1 Å². The highest BCUT2D eigenvalue weighted by Gasteiger charge is 2.27. The van der Waals surface area contributed by atoms with Crippen LogP contribution >= 0.6 is 0 Å². The number of anilines is 2. The molecule has 0 amide bonds. The van der Waals surface area contributed by atoms with Gasteiger partial charge in [-0.15, -0.1) is 10.2 Å². The van der Waals surface area contributed by atoms with Crippen LogP contribution in [0.1, 0.15) is 48.5 Å². The molecule has 0 saturated heterocycles. The lowest BCUT2D eigenvalue weighted by Gasteiger charge is -2.28. The maximum Gasteiger partial charge on any atom is 0.200 e. The summed E-state index contributed by atoms with van der Waals surface area (Å²) in [6, 6.07) is 3.76. The Bertz CT molecular complexity index is 732. The molecule has 0 aromatic carbocycles. The lowest BCUT2D eigenvalue weighted by atomic mass is 10.0. The minimum absolute atomic E-state index is 0.139. The molecule has 2 N–H and O–H groups in total. The quantitative estimate of drug-likeness (QED) is 0.865. The van der Waals surface area contributed by atoms with Gasteiger partial charge in [0.25, 0.3) is 0 Å². The van der Waals surface area contributed by atoms with Gasteiger partial charge in [-0.25, -0.2) is 4.98 Å². The Hall–Kier alpha value is -2.44. The van der Waals surface area contributed by atoms with E-state index in [1.165, 1.54) is 25.7 Å². The summed E-state index contributed by atoms with van der Waals surface area (Å²) in [5.74, 6) is 2.90. The predicted octanol–water partition coefficient (Wildman–Crippen LogP) is 2.04. The highest BCUT2D eigenvalue weighted by molar-refractivity contribution is 5.93. The lowest BCUT2D eigenvalue weighted by Crippen LogP contribution is -2.35. The van der Waals surface area contributed by atoms with E-state index < -0.39 is 0 Å². The van der Waals surface area contributed by atoms with Gasteiger partial charge >= 0.3 is 0 Å². The Morgan fingerprint density at radius 2 is 2.04 bits per heavy atom. The van der Waals surface area contributed by atoms with Gasteiger partial charge in [0, 0.05) is 19.5 Å². The molecule has 0 bridgehead atoms. The highest BCUT2D eigenvalue weighted by Crippen LogP contribution is 2.29. The average Bonchev–Trinajstić information content (AvgIpc) is 3.24. The van der Waals surface area contributed by atoms with Crippen LogP contribution in [0.15, 0.2) is 18.3 Å². The maximum atomic E-state index is 12.6. The monoisotopic (exact) mass is 326 g/mol. The van der Waals surface area contributed by atoms with E-state index in [1.54, 1.807) is 6.20 Å². The van der Waals surface area contributed by atoms with Crippen LogP contribution in [0.25, 0.3) is 0 Å². The molecule has 1 saturated carbocycles. The largest absolute Gasteiger partial charge is 0.397 e. The summed E-state index contributed by atoms with van der Waals surface area (Å²) in [5.41, 5.74) is 6.34. The van der Waals surface area contributed by atoms with E-state index in [9.17, 15) is 4.79 Å². The van der Waals surface area contributed by atoms with Crippen molar-refractivity contribution in [2.24, 2.45) is 5.92 Å². The standard InChI is InChI=1S/C17H22N6O/c18-13-5-6-15(19-10-13)22-7-8-23-16(11-22)20-21-17(23)14(24)9-12-3-1-2-4-12/h5-6,10,12H,1-4,7-9,11,18H2. The number of nitrogens with zero attached hydrogens (tertiary/aromatic N) is 5. The number of carbonyl (C=O) groups excluding carboxylic acids is 1. The zero-order chi connectivity index (χ0) is 16.5. The van der Waals surface area contributed by atoms with Crippen molar-refractivity contribution < 1.29 is 4.79 Å². The second-order valence-corrected chi connectivity index (χ2v) is 6.74. The second kappa shape index (κ2) is 6.22. The van der Waals surface area contributed by atoms with Gasteiger partial charge in [0.2, 0.25) is 0 Å². The summed E-state index contributed by atoms with van der Waals surface area (Å²) in [4.78, 5) is 19.1. The van der Waals surface area contributed by atoms with Crippen molar-refractivity contribution in [3.8, 4) is 0 Å². The maximum absolute atomic E-state index is 12.6. The van der Waals surface area contributed by atoms with Crippen molar-refractivity contribution >= 4 is 17.3 Å². The number of fused-ring (bicyclic) bond motifs is 1. The first-order valence-electron chi connectivity index (χ1n) is 8.62. The van der Waals surface area contributed by atoms with Crippen LogP contribution in [0.3, 0.4) is 0 Å². The molecule has 24 heavy (non-hydrogen) atoms. The van der Waals surface area contributed by atoms with Gasteiger partial charge in [0.05, 0.1) is 18.4 Å². The SMILES string of the molecule is Nc1ccc(N2CCn3c(nnc3C(=O)CC3CCCC3)C2)nc1. The molecule has 1 aliphatic carbocycles. The Labute approximate surface area is 140 Å². The summed E-state index contributed by atoms with van der Waals surface area (Å²) in [7, 11) is 0. The summed E-state index contributed by atoms with van der Waals surface area (Å²) in [6.45, 7) is 2.10. The fraction of sp³-hybridized carbons (Fsp3) is 0.529. The van der Waals surface area contributed by atoms with E-state index in [2.05, 4.69) is 20.1 Å². The smallest absolute Gasteiger partial charge is 0.200 e. The molecule has 1 aliphatic heterocycles. The van der Waals surface area contributed by atoms with Crippen LogP contribution in [0.5, 0.6) is 0 Å². The fourth-order valence-corrected chi connectivity index (χ4v) is 3.71. The number of rotatable bonds is 4. The molecule has 0 unspecified atom stereocenters. The number of Topliss-reactive ketones (excluding diaryl/α,β-unsaturated/α-hetero) is 1. The van der Waals surface area contributed by atoms with Crippen molar-refractivity contribution in [2.45, 2.75) is 45.2 Å². The van der Waals surface area contributed by atoms with Crippen LogP contribution < -0.4 is 10.6 Å². The Morgan fingerprint density at radius 3 is 2.79 bits per heavy atom. The zero-order valence-corrected chi connectivity index (χ0v) is 13.7. The number of hydrogen-bond acceptors (Lipinski definition) is 6. The number of nitrogens with two attached hydrogens (primary N) is 1. The van der Waals surface area contributed by atoms with Crippen molar-refractivity contribution in [1.82, 2.24) is 19.7 Å². The Morgan fingerprint density at radius 1 is 1.21 bits per heavy atom. The van der Waals surface area contributed by atoms with Crippen LogP contribution in [0.4, 0.5) is 11.5 Å². The molecular formula is C17H22N6O.